The average Bonchev–Trinajstić information content (AvgIpc) is 3.35. The average molecular weight is 399 g/mol. The lowest BCUT2D eigenvalue weighted by Crippen LogP contribution is -2.45. The maximum Gasteiger partial charge on any atom is 0.331 e. The maximum absolute atomic E-state index is 12.8. The maximum atomic E-state index is 12.8. The van der Waals surface area contributed by atoms with Crippen LogP contribution < -0.4 is 10.1 Å². The van der Waals surface area contributed by atoms with Crippen molar-refractivity contribution in [3.8, 4) is 17.0 Å². The predicted molar refractivity (Wildman–Crippen MR) is 110 cm³/mol. The Bertz CT molecular complexity index is 827. The molecule has 2 saturated heterocycles. The minimum absolute atomic E-state index is 0.126. The molecule has 0 atom stereocenters. The lowest BCUT2D eigenvalue weighted by molar-refractivity contribution is 0.140. The molecule has 8 heteroatoms. The summed E-state index contributed by atoms with van der Waals surface area (Å²) in [5.74, 6) is 0.843. The molecular weight excluding hydrogens is 370 g/mol. The van der Waals surface area contributed by atoms with Crippen LogP contribution in [-0.2, 0) is 4.74 Å². The van der Waals surface area contributed by atoms with Crippen LogP contribution >= 0.6 is 0 Å². The molecule has 1 aromatic carbocycles. The molecule has 3 heterocycles. The van der Waals surface area contributed by atoms with Gasteiger partial charge < -0.3 is 14.8 Å². The van der Waals surface area contributed by atoms with Crippen LogP contribution in [0.25, 0.3) is 11.3 Å². The SMILES string of the molecule is CC1(C)COCN1C(=O)n1cnc(-c2ccc(OCCN3CCNCC3)cc2)c1. The van der Waals surface area contributed by atoms with Crippen LogP contribution in [0.3, 0.4) is 0 Å². The molecule has 1 N–H and O–H groups in total. The summed E-state index contributed by atoms with van der Waals surface area (Å²) in [5.41, 5.74) is 1.39. The first-order valence-electron chi connectivity index (χ1n) is 10.1. The van der Waals surface area contributed by atoms with Crippen molar-refractivity contribution in [3.63, 3.8) is 0 Å². The Morgan fingerprint density at radius 2 is 2.00 bits per heavy atom. The lowest BCUT2D eigenvalue weighted by atomic mass is 10.1. The van der Waals surface area contributed by atoms with Gasteiger partial charge in [0, 0.05) is 44.5 Å². The third kappa shape index (κ3) is 4.60. The van der Waals surface area contributed by atoms with E-state index in [-0.39, 0.29) is 11.6 Å². The standard InChI is InChI=1S/C21H29N5O3/c1-21(2)14-28-16-26(21)20(27)25-13-19(23-15-25)17-3-5-18(6-4-17)29-12-11-24-9-7-22-8-10-24/h3-6,13,15,22H,7-12,14,16H2,1-2H3. The van der Waals surface area contributed by atoms with E-state index in [0.29, 0.717) is 19.9 Å². The minimum Gasteiger partial charge on any atom is -0.492 e. The first-order valence-corrected chi connectivity index (χ1v) is 10.1. The number of hydrogen-bond donors (Lipinski definition) is 1. The quantitative estimate of drug-likeness (QED) is 0.828. The van der Waals surface area contributed by atoms with Crippen LogP contribution in [0.1, 0.15) is 13.8 Å². The molecule has 8 nitrogen and oxygen atoms in total. The number of rotatable bonds is 5. The van der Waals surface area contributed by atoms with E-state index in [1.165, 1.54) is 4.57 Å². The first-order chi connectivity index (χ1) is 14.0. The molecule has 0 unspecified atom stereocenters. The normalized spacial score (nSPS) is 19.4. The molecule has 0 bridgehead atoms. The highest BCUT2D eigenvalue weighted by atomic mass is 16.5. The molecule has 2 aliphatic rings. The summed E-state index contributed by atoms with van der Waals surface area (Å²) in [5, 5.41) is 3.35. The summed E-state index contributed by atoms with van der Waals surface area (Å²) in [6, 6.07) is 7.72. The van der Waals surface area contributed by atoms with Crippen LogP contribution in [0.15, 0.2) is 36.8 Å². The van der Waals surface area contributed by atoms with Gasteiger partial charge in [-0.3, -0.25) is 14.4 Å². The number of nitrogens with one attached hydrogen (secondary N) is 1. The van der Waals surface area contributed by atoms with Crippen molar-refractivity contribution in [2.24, 2.45) is 0 Å². The topological polar surface area (TPSA) is 71.9 Å². The third-order valence-corrected chi connectivity index (χ3v) is 5.48. The van der Waals surface area contributed by atoms with Gasteiger partial charge >= 0.3 is 6.03 Å². The van der Waals surface area contributed by atoms with Crippen molar-refractivity contribution in [1.29, 1.82) is 0 Å². The van der Waals surface area contributed by atoms with E-state index in [4.69, 9.17) is 9.47 Å². The Morgan fingerprint density at radius 1 is 1.24 bits per heavy atom. The fourth-order valence-corrected chi connectivity index (χ4v) is 3.62. The second-order valence-electron chi connectivity index (χ2n) is 8.13. The van der Waals surface area contributed by atoms with E-state index < -0.39 is 0 Å². The highest BCUT2D eigenvalue weighted by molar-refractivity contribution is 5.79. The first kappa shape index (κ1) is 19.9. The van der Waals surface area contributed by atoms with E-state index in [0.717, 1.165) is 49.7 Å². The highest BCUT2D eigenvalue weighted by Crippen LogP contribution is 2.24. The van der Waals surface area contributed by atoms with Gasteiger partial charge in [0.1, 0.15) is 25.4 Å². The number of piperazine rings is 1. The van der Waals surface area contributed by atoms with Gasteiger partial charge in [-0.1, -0.05) is 0 Å². The molecule has 0 radical (unpaired) electrons. The monoisotopic (exact) mass is 399 g/mol. The number of carbonyl (C=O) groups is 1. The number of imidazole rings is 1. The number of aromatic nitrogens is 2. The summed E-state index contributed by atoms with van der Waals surface area (Å²) >= 11 is 0. The molecule has 0 saturated carbocycles. The van der Waals surface area contributed by atoms with Crippen molar-refractivity contribution in [1.82, 2.24) is 24.7 Å². The smallest absolute Gasteiger partial charge is 0.331 e. The molecule has 2 aromatic rings. The fourth-order valence-electron chi connectivity index (χ4n) is 3.62. The zero-order valence-corrected chi connectivity index (χ0v) is 17.1. The second kappa shape index (κ2) is 8.52. The van der Waals surface area contributed by atoms with Crippen LogP contribution in [0, 0.1) is 0 Å². The molecule has 0 aliphatic carbocycles. The van der Waals surface area contributed by atoms with Gasteiger partial charge in [0.05, 0.1) is 17.8 Å². The molecule has 0 spiro atoms. The Morgan fingerprint density at radius 3 is 2.69 bits per heavy atom. The number of carbonyl (C=O) groups excluding carboxylic acids is 1. The number of amides is 1. The summed E-state index contributed by atoms with van der Waals surface area (Å²) in [6.45, 7) is 10.7. The summed E-state index contributed by atoms with van der Waals surface area (Å²) < 4.78 is 12.8. The molecule has 2 aliphatic heterocycles. The largest absolute Gasteiger partial charge is 0.492 e. The Balaban J connectivity index is 1.34. The second-order valence-corrected chi connectivity index (χ2v) is 8.13. The molecular formula is C21H29N5O3. The van der Waals surface area contributed by atoms with Crippen LogP contribution in [-0.4, -0.2) is 83.6 Å². The molecule has 2 fully saturated rings. The van der Waals surface area contributed by atoms with Crippen LogP contribution in [0.4, 0.5) is 4.79 Å². The van der Waals surface area contributed by atoms with Gasteiger partial charge in [-0.05, 0) is 38.1 Å². The highest BCUT2D eigenvalue weighted by Gasteiger charge is 2.37. The molecule has 156 valence electrons. The van der Waals surface area contributed by atoms with Crippen molar-refractivity contribution in [2.45, 2.75) is 19.4 Å². The predicted octanol–water partition coefficient (Wildman–Crippen LogP) is 1.87. The number of benzene rings is 1. The van der Waals surface area contributed by atoms with Gasteiger partial charge in [-0.25, -0.2) is 9.78 Å². The molecule has 1 amide bonds. The Kier molecular flexibility index (Phi) is 5.84. The Labute approximate surface area is 171 Å². The number of hydrogen-bond acceptors (Lipinski definition) is 6. The Hall–Kier alpha value is -2.42. The summed E-state index contributed by atoms with van der Waals surface area (Å²) in [4.78, 5) is 21.3. The summed E-state index contributed by atoms with van der Waals surface area (Å²) in [7, 11) is 0. The minimum atomic E-state index is -0.314. The van der Waals surface area contributed by atoms with Gasteiger partial charge in [-0.15, -0.1) is 0 Å². The van der Waals surface area contributed by atoms with Gasteiger partial charge in [0.2, 0.25) is 0 Å². The third-order valence-electron chi connectivity index (χ3n) is 5.48. The molecule has 4 rings (SSSR count). The van der Waals surface area contributed by atoms with E-state index >= 15 is 0 Å². The van der Waals surface area contributed by atoms with Crippen molar-refractivity contribution in [3.05, 3.63) is 36.8 Å². The van der Waals surface area contributed by atoms with E-state index in [1.54, 1.807) is 17.4 Å². The zero-order chi connectivity index (χ0) is 20.3. The fraction of sp³-hybridized carbons (Fsp3) is 0.524. The summed E-state index contributed by atoms with van der Waals surface area (Å²) in [6.07, 6.45) is 3.32. The molecule has 1 aromatic heterocycles. The van der Waals surface area contributed by atoms with E-state index in [2.05, 4.69) is 15.2 Å². The molecule has 29 heavy (non-hydrogen) atoms. The van der Waals surface area contributed by atoms with E-state index in [9.17, 15) is 4.79 Å². The number of ether oxygens (including phenoxy) is 2. The van der Waals surface area contributed by atoms with Crippen LogP contribution in [0.2, 0.25) is 0 Å². The zero-order valence-electron chi connectivity index (χ0n) is 17.1. The van der Waals surface area contributed by atoms with Crippen LogP contribution in [0.5, 0.6) is 5.75 Å². The van der Waals surface area contributed by atoms with Crippen molar-refractivity contribution >= 4 is 6.03 Å². The lowest BCUT2D eigenvalue weighted by Gasteiger charge is -2.28. The van der Waals surface area contributed by atoms with Gasteiger partial charge in [0.15, 0.2) is 0 Å². The van der Waals surface area contributed by atoms with E-state index in [1.807, 2.05) is 38.1 Å². The van der Waals surface area contributed by atoms with Gasteiger partial charge in [-0.2, -0.15) is 0 Å². The van der Waals surface area contributed by atoms with Gasteiger partial charge in [0.25, 0.3) is 0 Å². The number of nitrogens with zero attached hydrogens (tertiary/aromatic N) is 4. The van der Waals surface area contributed by atoms with Crippen molar-refractivity contribution < 1.29 is 14.3 Å². The van der Waals surface area contributed by atoms with Crippen molar-refractivity contribution in [2.75, 3.05) is 52.7 Å².